The monoisotopic (exact) mass is 289 g/mol. The van der Waals surface area contributed by atoms with E-state index in [0.717, 1.165) is 44.7 Å². The molecule has 2 rings (SSSR count). The Kier molecular flexibility index (Phi) is 5.62. The number of anilines is 2. The molecule has 1 aromatic carbocycles. The van der Waals surface area contributed by atoms with Crippen LogP contribution in [0.1, 0.15) is 33.6 Å². The Bertz CT molecular complexity index is 454. The van der Waals surface area contributed by atoms with Crippen molar-refractivity contribution < 1.29 is 4.79 Å². The van der Waals surface area contributed by atoms with Gasteiger partial charge in [-0.05, 0) is 57.5 Å². The molecule has 1 fully saturated rings. The van der Waals surface area contributed by atoms with Crippen molar-refractivity contribution in [2.45, 2.75) is 39.7 Å². The quantitative estimate of drug-likeness (QED) is 0.838. The van der Waals surface area contributed by atoms with E-state index in [1.807, 2.05) is 4.90 Å². The fraction of sp³-hybridized carbons (Fsp3) is 0.588. The van der Waals surface area contributed by atoms with Gasteiger partial charge in [0.25, 0.3) is 0 Å². The van der Waals surface area contributed by atoms with Crippen LogP contribution in [0.25, 0.3) is 0 Å². The fourth-order valence-corrected chi connectivity index (χ4v) is 2.88. The minimum absolute atomic E-state index is 0.00703. The van der Waals surface area contributed by atoms with E-state index < -0.39 is 0 Å². The SMILES string of the molecule is CCCNC1CCN(c2ccc(N(CC)CC)cc2)C1=O. The van der Waals surface area contributed by atoms with Crippen molar-refractivity contribution in [1.29, 1.82) is 0 Å². The zero-order chi connectivity index (χ0) is 15.2. The molecule has 0 saturated carbocycles. The Morgan fingerprint density at radius 3 is 2.43 bits per heavy atom. The van der Waals surface area contributed by atoms with Crippen LogP contribution in [0.5, 0.6) is 0 Å². The van der Waals surface area contributed by atoms with Crippen molar-refractivity contribution >= 4 is 17.3 Å². The highest BCUT2D eigenvalue weighted by atomic mass is 16.2. The Morgan fingerprint density at radius 1 is 1.19 bits per heavy atom. The van der Waals surface area contributed by atoms with E-state index in [4.69, 9.17) is 0 Å². The molecule has 0 bridgehead atoms. The summed E-state index contributed by atoms with van der Waals surface area (Å²) in [6.07, 6.45) is 1.96. The van der Waals surface area contributed by atoms with Gasteiger partial charge in [0.05, 0.1) is 6.04 Å². The Hall–Kier alpha value is -1.55. The van der Waals surface area contributed by atoms with E-state index in [1.165, 1.54) is 5.69 Å². The molecule has 1 aromatic rings. The summed E-state index contributed by atoms with van der Waals surface area (Å²) in [6.45, 7) is 10.2. The van der Waals surface area contributed by atoms with Crippen molar-refractivity contribution in [3.05, 3.63) is 24.3 Å². The standard InChI is InChI=1S/C17H27N3O/c1-4-12-18-16-11-13-20(17(16)21)15-9-7-14(8-10-15)19(5-2)6-3/h7-10,16,18H,4-6,11-13H2,1-3H3. The Labute approximate surface area is 128 Å². The first kappa shape index (κ1) is 15.8. The van der Waals surface area contributed by atoms with Crippen LogP contribution in [0, 0.1) is 0 Å². The summed E-state index contributed by atoms with van der Waals surface area (Å²) < 4.78 is 0. The van der Waals surface area contributed by atoms with Gasteiger partial charge in [0.15, 0.2) is 0 Å². The van der Waals surface area contributed by atoms with Gasteiger partial charge in [-0.1, -0.05) is 6.92 Å². The second kappa shape index (κ2) is 7.46. The summed E-state index contributed by atoms with van der Waals surface area (Å²) in [4.78, 5) is 16.6. The van der Waals surface area contributed by atoms with Crippen molar-refractivity contribution in [3.63, 3.8) is 0 Å². The molecule has 4 heteroatoms. The smallest absolute Gasteiger partial charge is 0.244 e. The highest BCUT2D eigenvalue weighted by Crippen LogP contribution is 2.24. The molecule has 0 spiro atoms. The number of benzene rings is 1. The van der Waals surface area contributed by atoms with E-state index in [-0.39, 0.29) is 11.9 Å². The molecule has 1 aliphatic heterocycles. The maximum atomic E-state index is 12.4. The number of carbonyl (C=O) groups is 1. The maximum Gasteiger partial charge on any atom is 0.244 e. The lowest BCUT2D eigenvalue weighted by Gasteiger charge is -2.23. The zero-order valence-corrected chi connectivity index (χ0v) is 13.4. The predicted octanol–water partition coefficient (Wildman–Crippen LogP) is 2.64. The van der Waals surface area contributed by atoms with Crippen LogP contribution in [0.2, 0.25) is 0 Å². The van der Waals surface area contributed by atoms with E-state index >= 15 is 0 Å². The van der Waals surface area contributed by atoms with Crippen LogP contribution in [-0.2, 0) is 4.79 Å². The Morgan fingerprint density at radius 2 is 1.86 bits per heavy atom. The molecular weight excluding hydrogens is 262 g/mol. The molecule has 1 N–H and O–H groups in total. The van der Waals surface area contributed by atoms with E-state index in [0.29, 0.717) is 0 Å². The number of hydrogen-bond acceptors (Lipinski definition) is 3. The van der Waals surface area contributed by atoms with Crippen molar-refractivity contribution in [2.24, 2.45) is 0 Å². The normalized spacial score (nSPS) is 18.3. The van der Waals surface area contributed by atoms with Crippen LogP contribution in [0.4, 0.5) is 11.4 Å². The van der Waals surface area contributed by atoms with Crippen LogP contribution in [0.15, 0.2) is 24.3 Å². The van der Waals surface area contributed by atoms with Crippen molar-refractivity contribution in [1.82, 2.24) is 5.32 Å². The number of nitrogens with one attached hydrogen (secondary N) is 1. The van der Waals surface area contributed by atoms with Gasteiger partial charge in [0, 0.05) is 31.0 Å². The lowest BCUT2D eigenvalue weighted by Crippen LogP contribution is -2.38. The minimum atomic E-state index is -0.00703. The fourth-order valence-electron chi connectivity index (χ4n) is 2.88. The predicted molar refractivity (Wildman–Crippen MR) is 89.1 cm³/mol. The molecule has 0 radical (unpaired) electrons. The number of nitrogens with zero attached hydrogens (tertiary/aromatic N) is 2. The largest absolute Gasteiger partial charge is 0.372 e. The molecule has 4 nitrogen and oxygen atoms in total. The Balaban J connectivity index is 2.04. The summed E-state index contributed by atoms with van der Waals surface area (Å²) in [5.74, 6) is 0.207. The van der Waals surface area contributed by atoms with Gasteiger partial charge in [-0.25, -0.2) is 0 Å². The van der Waals surface area contributed by atoms with Gasteiger partial charge in [0.2, 0.25) is 5.91 Å². The molecule has 1 aliphatic rings. The topological polar surface area (TPSA) is 35.6 Å². The molecule has 1 unspecified atom stereocenters. The zero-order valence-electron chi connectivity index (χ0n) is 13.4. The summed E-state index contributed by atoms with van der Waals surface area (Å²) in [5.41, 5.74) is 2.23. The average Bonchev–Trinajstić information content (AvgIpc) is 2.88. The highest BCUT2D eigenvalue weighted by molar-refractivity contribution is 5.99. The van der Waals surface area contributed by atoms with E-state index in [2.05, 4.69) is 55.3 Å². The second-order valence-electron chi connectivity index (χ2n) is 5.47. The molecule has 21 heavy (non-hydrogen) atoms. The average molecular weight is 289 g/mol. The molecule has 1 atom stereocenters. The molecule has 1 saturated heterocycles. The van der Waals surface area contributed by atoms with Crippen LogP contribution >= 0.6 is 0 Å². The first-order chi connectivity index (χ1) is 10.2. The van der Waals surface area contributed by atoms with Gasteiger partial charge >= 0.3 is 0 Å². The van der Waals surface area contributed by atoms with E-state index in [9.17, 15) is 4.79 Å². The third-order valence-electron chi connectivity index (χ3n) is 4.14. The van der Waals surface area contributed by atoms with Gasteiger partial charge in [-0.3, -0.25) is 4.79 Å². The van der Waals surface area contributed by atoms with Crippen LogP contribution in [-0.4, -0.2) is 38.1 Å². The highest BCUT2D eigenvalue weighted by Gasteiger charge is 2.31. The third kappa shape index (κ3) is 3.56. The van der Waals surface area contributed by atoms with Crippen LogP contribution in [0.3, 0.4) is 0 Å². The summed E-state index contributed by atoms with van der Waals surface area (Å²) in [6, 6.07) is 8.35. The number of rotatable bonds is 7. The number of amides is 1. The van der Waals surface area contributed by atoms with Crippen LogP contribution < -0.4 is 15.1 Å². The molecule has 1 amide bonds. The van der Waals surface area contributed by atoms with Gasteiger partial charge in [-0.15, -0.1) is 0 Å². The van der Waals surface area contributed by atoms with Gasteiger partial charge in [0.1, 0.15) is 0 Å². The maximum absolute atomic E-state index is 12.4. The molecule has 116 valence electrons. The number of carbonyl (C=O) groups excluding carboxylic acids is 1. The van der Waals surface area contributed by atoms with Gasteiger partial charge in [-0.2, -0.15) is 0 Å². The first-order valence-electron chi connectivity index (χ1n) is 8.11. The number of hydrogen-bond donors (Lipinski definition) is 1. The summed E-state index contributed by atoms with van der Waals surface area (Å²) in [7, 11) is 0. The van der Waals surface area contributed by atoms with Crippen molar-refractivity contribution in [3.8, 4) is 0 Å². The second-order valence-corrected chi connectivity index (χ2v) is 5.47. The first-order valence-corrected chi connectivity index (χ1v) is 8.11. The third-order valence-corrected chi connectivity index (χ3v) is 4.14. The molecule has 0 aromatic heterocycles. The van der Waals surface area contributed by atoms with Crippen molar-refractivity contribution in [2.75, 3.05) is 36.0 Å². The minimum Gasteiger partial charge on any atom is -0.372 e. The lowest BCUT2D eigenvalue weighted by molar-refractivity contribution is -0.118. The molecule has 1 heterocycles. The lowest BCUT2D eigenvalue weighted by atomic mass is 10.2. The summed E-state index contributed by atoms with van der Waals surface area (Å²) >= 11 is 0. The summed E-state index contributed by atoms with van der Waals surface area (Å²) in [5, 5.41) is 3.33. The molecular formula is C17H27N3O. The van der Waals surface area contributed by atoms with Gasteiger partial charge < -0.3 is 15.1 Å². The molecule has 0 aliphatic carbocycles. The van der Waals surface area contributed by atoms with E-state index in [1.54, 1.807) is 0 Å².